The van der Waals surface area contributed by atoms with Crippen molar-refractivity contribution in [2.75, 3.05) is 13.7 Å². The molecule has 0 fully saturated rings. The fourth-order valence-electron chi connectivity index (χ4n) is 2.87. The molecule has 0 aliphatic carbocycles. The van der Waals surface area contributed by atoms with Crippen molar-refractivity contribution in [3.05, 3.63) is 65.9 Å². The highest BCUT2D eigenvalue weighted by Gasteiger charge is 2.20. The molecule has 1 amide bonds. The van der Waals surface area contributed by atoms with Crippen molar-refractivity contribution >= 4 is 22.6 Å². The number of hydrogen-bond donors (Lipinski definition) is 1. The summed E-state index contributed by atoms with van der Waals surface area (Å²) in [6, 6.07) is 15.2. The number of hydrogen-bond acceptors (Lipinski definition) is 3. The predicted molar refractivity (Wildman–Crippen MR) is 97.0 cm³/mol. The van der Waals surface area contributed by atoms with Gasteiger partial charge in [0.1, 0.15) is 5.75 Å². The molecular formula is C20H20N2O3. The third-order valence-corrected chi connectivity index (χ3v) is 4.18. The molecule has 0 atom stereocenters. The summed E-state index contributed by atoms with van der Waals surface area (Å²) in [5.41, 5.74) is 2.39. The van der Waals surface area contributed by atoms with E-state index in [1.54, 1.807) is 13.3 Å². The van der Waals surface area contributed by atoms with Gasteiger partial charge in [-0.15, -0.1) is 0 Å². The van der Waals surface area contributed by atoms with Crippen LogP contribution < -0.4 is 10.1 Å². The van der Waals surface area contributed by atoms with Crippen molar-refractivity contribution in [1.82, 2.24) is 9.88 Å². The van der Waals surface area contributed by atoms with Crippen molar-refractivity contribution < 1.29 is 14.3 Å². The summed E-state index contributed by atoms with van der Waals surface area (Å²) in [4.78, 5) is 24.7. The number of nitrogens with one attached hydrogen (secondary N) is 1. The van der Waals surface area contributed by atoms with E-state index in [9.17, 15) is 9.59 Å². The summed E-state index contributed by atoms with van der Waals surface area (Å²) < 4.78 is 7.03. The van der Waals surface area contributed by atoms with Gasteiger partial charge in [-0.2, -0.15) is 0 Å². The number of rotatable bonds is 6. The first-order valence-electron chi connectivity index (χ1n) is 8.09. The third-order valence-electron chi connectivity index (χ3n) is 4.18. The highest BCUT2D eigenvalue weighted by atomic mass is 16.5. The van der Waals surface area contributed by atoms with Crippen LogP contribution in [0.25, 0.3) is 10.9 Å². The van der Waals surface area contributed by atoms with Crippen LogP contribution in [0, 0.1) is 0 Å². The quantitative estimate of drug-likeness (QED) is 0.556. The lowest BCUT2D eigenvalue weighted by Crippen LogP contribution is -2.32. The Hall–Kier alpha value is -3.08. The zero-order valence-corrected chi connectivity index (χ0v) is 14.3. The van der Waals surface area contributed by atoms with Crippen molar-refractivity contribution in [3.8, 4) is 5.75 Å². The molecule has 0 unspecified atom stereocenters. The molecule has 128 valence electrons. The van der Waals surface area contributed by atoms with Crippen LogP contribution in [0.4, 0.5) is 0 Å². The number of amides is 1. The monoisotopic (exact) mass is 336 g/mol. The second kappa shape index (κ2) is 7.21. The smallest absolute Gasteiger partial charge is 0.292 e. The van der Waals surface area contributed by atoms with Crippen LogP contribution in [-0.2, 0) is 18.3 Å². The Labute approximate surface area is 146 Å². The van der Waals surface area contributed by atoms with E-state index in [2.05, 4.69) is 5.32 Å². The van der Waals surface area contributed by atoms with E-state index in [0.29, 0.717) is 18.5 Å². The van der Waals surface area contributed by atoms with Crippen LogP contribution in [0.5, 0.6) is 5.75 Å². The van der Waals surface area contributed by atoms with Gasteiger partial charge in [-0.3, -0.25) is 9.59 Å². The van der Waals surface area contributed by atoms with Crippen LogP contribution in [0.3, 0.4) is 0 Å². The maximum Gasteiger partial charge on any atom is 0.292 e. The number of aromatic nitrogens is 1. The number of nitrogens with zero attached hydrogens (tertiary/aromatic N) is 1. The fourth-order valence-corrected chi connectivity index (χ4v) is 2.87. The molecule has 0 aliphatic rings. The number of carbonyl (C=O) groups excluding carboxylic acids is 2. The topological polar surface area (TPSA) is 60.3 Å². The summed E-state index contributed by atoms with van der Waals surface area (Å²) in [7, 11) is 3.48. The van der Waals surface area contributed by atoms with E-state index >= 15 is 0 Å². The Balaban J connectivity index is 1.65. The van der Waals surface area contributed by atoms with E-state index in [-0.39, 0.29) is 0 Å². The van der Waals surface area contributed by atoms with Gasteiger partial charge in [0, 0.05) is 30.7 Å². The molecule has 3 rings (SSSR count). The highest BCUT2D eigenvalue weighted by molar-refractivity contribution is 6.45. The van der Waals surface area contributed by atoms with Gasteiger partial charge in [-0.1, -0.05) is 30.3 Å². The number of para-hydroxylation sites is 1. The molecule has 5 nitrogen and oxygen atoms in total. The van der Waals surface area contributed by atoms with Gasteiger partial charge < -0.3 is 14.6 Å². The van der Waals surface area contributed by atoms with E-state index in [1.165, 1.54) is 0 Å². The second-order valence-corrected chi connectivity index (χ2v) is 5.86. The number of aryl methyl sites for hydroxylation is 1. The number of methoxy groups -OCH3 is 1. The molecule has 0 radical (unpaired) electrons. The standard InChI is InChI=1S/C20H20N2O3/c1-22-13-17(16-8-3-4-9-18(16)22)19(23)20(24)21-11-10-14-6-5-7-15(12-14)25-2/h3-9,12-13H,10-11H2,1-2H3,(H,21,24). The van der Waals surface area contributed by atoms with E-state index < -0.39 is 11.7 Å². The van der Waals surface area contributed by atoms with Gasteiger partial charge in [-0.05, 0) is 30.2 Å². The summed E-state index contributed by atoms with van der Waals surface area (Å²) in [6.07, 6.45) is 2.33. The lowest BCUT2D eigenvalue weighted by molar-refractivity contribution is -0.116. The molecule has 25 heavy (non-hydrogen) atoms. The summed E-state index contributed by atoms with van der Waals surface area (Å²) in [5, 5.41) is 3.49. The molecule has 5 heteroatoms. The molecule has 0 saturated carbocycles. The maximum absolute atomic E-state index is 12.5. The van der Waals surface area contributed by atoms with Gasteiger partial charge in [-0.25, -0.2) is 0 Å². The number of ether oxygens (including phenoxy) is 1. The molecule has 1 heterocycles. The van der Waals surface area contributed by atoms with Gasteiger partial charge in [0.25, 0.3) is 11.7 Å². The fraction of sp³-hybridized carbons (Fsp3) is 0.200. The zero-order valence-electron chi connectivity index (χ0n) is 14.3. The molecule has 0 saturated heterocycles. The van der Waals surface area contributed by atoms with Crippen molar-refractivity contribution in [2.24, 2.45) is 7.05 Å². The highest BCUT2D eigenvalue weighted by Crippen LogP contribution is 2.20. The van der Waals surface area contributed by atoms with E-state index in [0.717, 1.165) is 22.2 Å². The average molecular weight is 336 g/mol. The van der Waals surface area contributed by atoms with Crippen molar-refractivity contribution in [1.29, 1.82) is 0 Å². The summed E-state index contributed by atoms with van der Waals surface area (Å²) >= 11 is 0. The Bertz CT molecular complexity index is 928. The van der Waals surface area contributed by atoms with E-state index in [4.69, 9.17) is 4.74 Å². The molecule has 1 N–H and O–H groups in total. The number of benzene rings is 2. The second-order valence-electron chi connectivity index (χ2n) is 5.86. The first-order chi connectivity index (χ1) is 12.1. The lowest BCUT2D eigenvalue weighted by atomic mass is 10.1. The normalized spacial score (nSPS) is 10.6. The van der Waals surface area contributed by atoms with Crippen LogP contribution >= 0.6 is 0 Å². The SMILES string of the molecule is COc1cccc(CCNC(=O)C(=O)c2cn(C)c3ccccc23)c1. The molecule has 2 aromatic carbocycles. The first kappa shape index (κ1) is 16.8. The van der Waals surface area contributed by atoms with Crippen LogP contribution in [-0.4, -0.2) is 29.9 Å². The van der Waals surface area contributed by atoms with Crippen LogP contribution in [0.1, 0.15) is 15.9 Å². The van der Waals surface area contributed by atoms with Gasteiger partial charge in [0.15, 0.2) is 0 Å². The number of Topliss-reactive ketones (excluding diaryl/α,β-unsaturated/α-hetero) is 1. The third kappa shape index (κ3) is 3.55. The number of fused-ring (bicyclic) bond motifs is 1. The average Bonchev–Trinajstić information content (AvgIpc) is 2.98. The van der Waals surface area contributed by atoms with Crippen molar-refractivity contribution in [2.45, 2.75) is 6.42 Å². The molecule has 0 bridgehead atoms. The summed E-state index contributed by atoms with van der Waals surface area (Å²) in [5.74, 6) is -0.322. The summed E-state index contributed by atoms with van der Waals surface area (Å²) in [6.45, 7) is 0.391. The Morgan fingerprint density at radius 3 is 2.72 bits per heavy atom. The number of carbonyl (C=O) groups is 2. The molecule has 0 aliphatic heterocycles. The van der Waals surface area contributed by atoms with Crippen LogP contribution in [0.2, 0.25) is 0 Å². The van der Waals surface area contributed by atoms with E-state index in [1.807, 2.05) is 60.1 Å². The molecule has 1 aromatic heterocycles. The Morgan fingerprint density at radius 2 is 1.92 bits per heavy atom. The van der Waals surface area contributed by atoms with Crippen LogP contribution in [0.15, 0.2) is 54.7 Å². The largest absolute Gasteiger partial charge is 0.497 e. The zero-order chi connectivity index (χ0) is 17.8. The molecule has 0 spiro atoms. The minimum atomic E-state index is -0.584. The number of ketones is 1. The molecular weight excluding hydrogens is 316 g/mol. The minimum Gasteiger partial charge on any atom is -0.497 e. The Kier molecular flexibility index (Phi) is 4.84. The maximum atomic E-state index is 12.5. The minimum absolute atomic E-state index is 0.391. The van der Waals surface area contributed by atoms with Gasteiger partial charge >= 0.3 is 0 Å². The predicted octanol–water partition coefficient (Wildman–Crippen LogP) is 2.73. The Morgan fingerprint density at radius 1 is 1.12 bits per heavy atom. The van der Waals surface area contributed by atoms with Gasteiger partial charge in [0.2, 0.25) is 0 Å². The van der Waals surface area contributed by atoms with Gasteiger partial charge in [0.05, 0.1) is 12.7 Å². The molecule has 3 aromatic rings. The lowest BCUT2D eigenvalue weighted by Gasteiger charge is -2.06. The van der Waals surface area contributed by atoms with Crippen molar-refractivity contribution in [3.63, 3.8) is 0 Å². The first-order valence-corrected chi connectivity index (χ1v) is 8.09.